The van der Waals surface area contributed by atoms with Crippen LogP contribution in [0.3, 0.4) is 0 Å². The fraction of sp³-hybridized carbons (Fsp3) is 0.400. The molecule has 1 saturated heterocycles. The highest BCUT2D eigenvalue weighted by atomic mass is 32.2. The van der Waals surface area contributed by atoms with E-state index >= 15 is 0 Å². The molecule has 5 rings (SSSR count). The maximum absolute atomic E-state index is 13.8. The number of nitrogens with zero attached hydrogens (tertiary/aromatic N) is 1. The summed E-state index contributed by atoms with van der Waals surface area (Å²) in [6.45, 7) is 9.76. The molecule has 4 nitrogen and oxygen atoms in total. The van der Waals surface area contributed by atoms with Crippen LogP contribution in [0.1, 0.15) is 39.2 Å². The Morgan fingerprint density at radius 3 is 1.92 bits per heavy atom. The molecule has 3 aromatic rings. The van der Waals surface area contributed by atoms with Crippen LogP contribution in [-0.2, 0) is 14.4 Å². The van der Waals surface area contributed by atoms with Gasteiger partial charge in [0.15, 0.2) is 0 Å². The summed E-state index contributed by atoms with van der Waals surface area (Å²) in [6.07, 6.45) is 1.99. The average molecular weight is 520 g/mol. The van der Waals surface area contributed by atoms with Gasteiger partial charge in [0.05, 0.1) is 11.5 Å². The van der Waals surface area contributed by atoms with Crippen molar-refractivity contribution in [2.75, 3.05) is 13.2 Å². The summed E-state index contributed by atoms with van der Waals surface area (Å²) in [5, 5.41) is 2.29. The van der Waals surface area contributed by atoms with Crippen LogP contribution in [-0.4, -0.2) is 40.2 Å². The minimum atomic E-state index is -3.60. The lowest BCUT2D eigenvalue weighted by atomic mass is 10.1. The minimum Gasteiger partial charge on any atom is -0.406 e. The minimum absolute atomic E-state index is 0.146. The first-order chi connectivity index (χ1) is 17.1. The Hall–Kier alpha value is -2.25. The zero-order valence-electron chi connectivity index (χ0n) is 21.7. The normalized spacial score (nSPS) is 22.7. The topological polar surface area (TPSA) is 46.6 Å². The lowest BCUT2D eigenvalue weighted by Gasteiger charge is -2.45. The van der Waals surface area contributed by atoms with Crippen molar-refractivity contribution in [3.8, 4) is 0 Å². The van der Waals surface area contributed by atoms with Gasteiger partial charge < -0.3 is 4.43 Å². The van der Waals surface area contributed by atoms with E-state index in [-0.39, 0.29) is 11.1 Å². The Kier molecular flexibility index (Phi) is 6.75. The Morgan fingerprint density at radius 1 is 0.833 bits per heavy atom. The van der Waals surface area contributed by atoms with Crippen LogP contribution >= 0.6 is 0 Å². The third kappa shape index (κ3) is 4.60. The van der Waals surface area contributed by atoms with Crippen LogP contribution in [0.5, 0.6) is 0 Å². The molecule has 0 aromatic heterocycles. The van der Waals surface area contributed by atoms with Gasteiger partial charge in [0.25, 0.3) is 8.32 Å². The van der Waals surface area contributed by atoms with Gasteiger partial charge >= 0.3 is 0 Å². The van der Waals surface area contributed by atoms with E-state index in [4.69, 9.17) is 4.43 Å². The summed E-state index contributed by atoms with van der Waals surface area (Å²) >= 11 is 0. The fourth-order valence-electron chi connectivity index (χ4n) is 5.94. The number of benzene rings is 3. The van der Waals surface area contributed by atoms with Crippen LogP contribution in [0.25, 0.3) is 0 Å². The first-order valence-electron chi connectivity index (χ1n) is 13.0. The predicted octanol–water partition coefficient (Wildman–Crippen LogP) is 4.97. The van der Waals surface area contributed by atoms with E-state index in [0.717, 1.165) is 18.4 Å². The molecule has 1 saturated carbocycles. The number of rotatable bonds is 7. The largest absolute Gasteiger partial charge is 0.406 e. The van der Waals surface area contributed by atoms with E-state index in [9.17, 15) is 8.42 Å². The summed E-state index contributed by atoms with van der Waals surface area (Å²) in [5.41, 5.74) is 1.06. The van der Waals surface area contributed by atoms with Gasteiger partial charge in [-0.25, -0.2) is 8.42 Å². The van der Waals surface area contributed by atoms with Crippen molar-refractivity contribution in [1.29, 1.82) is 0 Å². The number of hydrogen-bond acceptors (Lipinski definition) is 3. The highest BCUT2D eigenvalue weighted by Gasteiger charge is 2.53. The van der Waals surface area contributed by atoms with Crippen molar-refractivity contribution in [1.82, 2.24) is 4.31 Å². The second-order valence-corrected chi connectivity index (χ2v) is 17.7. The van der Waals surface area contributed by atoms with Gasteiger partial charge in [-0.2, -0.15) is 4.31 Å². The molecular weight excluding hydrogens is 482 g/mol. The molecule has 0 amide bonds. The summed E-state index contributed by atoms with van der Waals surface area (Å²) in [6, 6.07) is 28.2. The van der Waals surface area contributed by atoms with E-state index in [0.29, 0.717) is 29.9 Å². The molecule has 2 aliphatic rings. The second kappa shape index (κ2) is 9.56. The number of piperidine rings is 1. The monoisotopic (exact) mass is 519 g/mol. The lowest BCUT2D eigenvalue weighted by Crippen LogP contribution is -2.67. The van der Waals surface area contributed by atoms with Crippen LogP contribution in [0.2, 0.25) is 5.04 Å². The van der Waals surface area contributed by atoms with Crippen molar-refractivity contribution < 1.29 is 12.8 Å². The van der Waals surface area contributed by atoms with Crippen LogP contribution in [0.4, 0.5) is 0 Å². The molecule has 6 heteroatoms. The van der Waals surface area contributed by atoms with E-state index < -0.39 is 18.3 Å². The molecule has 2 fully saturated rings. The summed E-state index contributed by atoms with van der Waals surface area (Å²) < 4.78 is 36.6. The maximum Gasteiger partial charge on any atom is 0.261 e. The Morgan fingerprint density at radius 2 is 1.39 bits per heavy atom. The molecule has 0 bridgehead atoms. The third-order valence-electron chi connectivity index (χ3n) is 8.00. The number of hydrogen-bond donors (Lipinski definition) is 0. The van der Waals surface area contributed by atoms with Gasteiger partial charge in [-0.1, -0.05) is 99.1 Å². The molecule has 3 atom stereocenters. The van der Waals surface area contributed by atoms with Gasteiger partial charge in [-0.05, 0) is 59.1 Å². The molecule has 1 aliphatic heterocycles. The molecule has 36 heavy (non-hydrogen) atoms. The maximum atomic E-state index is 13.8. The fourth-order valence-corrected chi connectivity index (χ4v) is 12.2. The van der Waals surface area contributed by atoms with Crippen molar-refractivity contribution in [2.45, 2.75) is 56.5 Å². The van der Waals surface area contributed by atoms with Gasteiger partial charge in [-0.15, -0.1) is 0 Å². The van der Waals surface area contributed by atoms with Crippen molar-refractivity contribution in [2.24, 2.45) is 11.8 Å². The van der Waals surface area contributed by atoms with Crippen molar-refractivity contribution >= 4 is 28.7 Å². The standard InChI is InChI=1S/C30H37NO3SSi/c1-23-15-17-27(18-16-23)35(32,33)31-21-25-19-24(25)20-26(31)22-34-36(30(2,3)4,28-11-7-5-8-12-28)29-13-9-6-10-14-29/h5-18,24-26H,19-22H2,1-4H3. The zero-order valence-corrected chi connectivity index (χ0v) is 23.5. The van der Waals surface area contributed by atoms with E-state index in [2.05, 4.69) is 69.3 Å². The molecule has 3 aromatic carbocycles. The number of sulfonamides is 1. The van der Waals surface area contributed by atoms with Gasteiger partial charge in [-0.3, -0.25) is 0 Å². The van der Waals surface area contributed by atoms with E-state index in [1.807, 2.05) is 31.2 Å². The van der Waals surface area contributed by atoms with E-state index in [1.54, 1.807) is 16.4 Å². The SMILES string of the molecule is Cc1ccc(S(=O)(=O)N2CC3CC3CC2CO[Si](c2ccccc2)(c2ccccc2)C(C)(C)C)cc1. The molecule has 1 heterocycles. The summed E-state index contributed by atoms with van der Waals surface area (Å²) in [4.78, 5) is 0.377. The Labute approximate surface area is 217 Å². The van der Waals surface area contributed by atoms with Crippen molar-refractivity contribution in [3.05, 3.63) is 90.5 Å². The molecular formula is C30H37NO3SSi. The van der Waals surface area contributed by atoms with Crippen LogP contribution in [0.15, 0.2) is 89.8 Å². The lowest BCUT2D eigenvalue weighted by molar-refractivity contribution is 0.157. The second-order valence-electron chi connectivity index (χ2n) is 11.5. The molecule has 3 unspecified atom stereocenters. The molecule has 0 radical (unpaired) electrons. The first-order valence-corrected chi connectivity index (χ1v) is 16.3. The number of fused-ring (bicyclic) bond motifs is 1. The summed E-state index contributed by atoms with van der Waals surface area (Å²) in [5.74, 6) is 1.09. The van der Waals surface area contributed by atoms with Crippen LogP contribution in [0, 0.1) is 18.8 Å². The van der Waals surface area contributed by atoms with Gasteiger partial charge in [0.1, 0.15) is 0 Å². The zero-order chi connectivity index (χ0) is 25.6. The molecule has 0 N–H and O–H groups in total. The smallest absolute Gasteiger partial charge is 0.261 e. The quantitative estimate of drug-likeness (QED) is 0.414. The Bertz CT molecular complexity index is 1250. The average Bonchev–Trinajstić information content (AvgIpc) is 3.63. The van der Waals surface area contributed by atoms with Gasteiger partial charge in [0, 0.05) is 12.6 Å². The summed E-state index contributed by atoms with van der Waals surface area (Å²) in [7, 11) is -6.34. The highest BCUT2D eigenvalue weighted by molar-refractivity contribution is 7.89. The Balaban J connectivity index is 1.52. The first kappa shape index (κ1) is 25.4. The molecule has 0 spiro atoms. The van der Waals surface area contributed by atoms with Gasteiger partial charge in [0.2, 0.25) is 10.0 Å². The predicted molar refractivity (Wildman–Crippen MR) is 149 cm³/mol. The number of aryl methyl sites for hydroxylation is 1. The van der Waals surface area contributed by atoms with E-state index in [1.165, 1.54) is 10.4 Å². The third-order valence-corrected chi connectivity index (χ3v) is 14.9. The van der Waals surface area contributed by atoms with Crippen LogP contribution < -0.4 is 10.4 Å². The molecule has 190 valence electrons. The molecule has 1 aliphatic carbocycles. The highest BCUT2D eigenvalue weighted by Crippen LogP contribution is 2.49. The van der Waals surface area contributed by atoms with Crippen molar-refractivity contribution in [3.63, 3.8) is 0 Å².